The number of isocyanates is 1. The molecular weight excluding hydrogens is 198 g/mol. The number of hydrogen-bond donors (Lipinski definition) is 1. The van der Waals surface area contributed by atoms with Gasteiger partial charge in [-0.2, -0.15) is 0 Å². The monoisotopic (exact) mass is 209 g/mol. The van der Waals surface area contributed by atoms with Crippen molar-refractivity contribution in [2.45, 2.75) is 0 Å². The highest BCUT2D eigenvalue weighted by molar-refractivity contribution is 5.98. The van der Waals surface area contributed by atoms with Crippen LogP contribution in [0.3, 0.4) is 0 Å². The molecule has 15 heavy (non-hydrogen) atoms. The first-order chi connectivity index (χ1) is 7.24. The molecule has 0 aromatic carbocycles. The molecule has 2 aliphatic rings. The number of benzene rings is 1. The van der Waals surface area contributed by atoms with Crippen LogP contribution < -0.4 is 14.2 Å². The molecule has 0 saturated heterocycles. The molecule has 0 atom stereocenters. The second-order valence-corrected chi connectivity index (χ2v) is 2.67. The molecule has 2 aliphatic carbocycles. The number of fused-ring (bicyclic) bond motifs is 1. The lowest BCUT2D eigenvalue weighted by Crippen LogP contribution is -1.89. The molecule has 5 heteroatoms. The van der Waals surface area contributed by atoms with Gasteiger partial charge >= 0.3 is 0 Å². The third-order valence-corrected chi connectivity index (χ3v) is 2.01. The Hall–Kier alpha value is -2.00. The average molecular weight is 209 g/mol. The number of nitrogens with one attached hydrogen (secondary N) is 1. The summed E-state index contributed by atoms with van der Waals surface area (Å²) in [5.74, 6) is 2.27. The van der Waals surface area contributed by atoms with Crippen molar-refractivity contribution in [1.29, 1.82) is 5.41 Å². The van der Waals surface area contributed by atoms with E-state index in [-0.39, 0.29) is 0 Å². The zero-order valence-electron chi connectivity index (χ0n) is 8.71. The maximum absolute atomic E-state index is 8.35. The normalized spacial score (nSPS) is 9.27. The topological polar surface area (TPSA) is 68.6 Å². The molecule has 2 rings (SSSR count). The third kappa shape index (κ3) is 1.78. The van der Waals surface area contributed by atoms with Gasteiger partial charge in [0.25, 0.3) is 0 Å². The zero-order chi connectivity index (χ0) is 11.4. The predicted octanol–water partition coefficient (Wildman–Crippen LogP) is 1.59. The van der Waals surface area contributed by atoms with Gasteiger partial charge in [-0.05, 0) is 6.07 Å². The van der Waals surface area contributed by atoms with E-state index in [2.05, 4.69) is 0 Å². The summed E-state index contributed by atoms with van der Waals surface area (Å²) in [5.41, 5.74) is 2.21. The fourth-order valence-electron chi connectivity index (χ4n) is 1.42. The van der Waals surface area contributed by atoms with Crippen molar-refractivity contribution in [2.24, 2.45) is 0 Å². The van der Waals surface area contributed by atoms with Crippen LogP contribution in [0.2, 0.25) is 0 Å². The molecule has 1 N–H and O–H groups in total. The molecular formula is C10H11NO4. The summed E-state index contributed by atoms with van der Waals surface area (Å²) in [4.78, 5) is 8.35. The van der Waals surface area contributed by atoms with E-state index in [1.807, 2.05) is 6.07 Å². The average Bonchev–Trinajstić information content (AvgIpc) is 2.94. The first-order valence-corrected chi connectivity index (χ1v) is 4.12. The Morgan fingerprint density at radius 2 is 1.33 bits per heavy atom. The van der Waals surface area contributed by atoms with Gasteiger partial charge in [0.05, 0.1) is 21.3 Å². The Bertz CT molecular complexity index is 380. The van der Waals surface area contributed by atoms with Crippen LogP contribution in [0.4, 0.5) is 0 Å². The highest BCUT2D eigenvalue weighted by Crippen LogP contribution is 2.59. The van der Waals surface area contributed by atoms with E-state index < -0.39 is 0 Å². The van der Waals surface area contributed by atoms with Crippen molar-refractivity contribution in [2.75, 3.05) is 21.3 Å². The van der Waals surface area contributed by atoms with Crippen LogP contribution in [0.25, 0.3) is 11.1 Å². The fourth-order valence-corrected chi connectivity index (χ4v) is 1.42. The summed E-state index contributed by atoms with van der Waals surface area (Å²) >= 11 is 0. The maximum atomic E-state index is 8.35. The molecule has 0 aromatic heterocycles. The van der Waals surface area contributed by atoms with Gasteiger partial charge in [-0.3, -0.25) is 0 Å². The predicted molar refractivity (Wildman–Crippen MR) is 53.5 cm³/mol. The van der Waals surface area contributed by atoms with Crippen molar-refractivity contribution in [3.05, 3.63) is 6.07 Å². The molecule has 0 bridgehead atoms. The molecule has 0 aliphatic heterocycles. The van der Waals surface area contributed by atoms with E-state index in [0.717, 1.165) is 28.7 Å². The van der Waals surface area contributed by atoms with E-state index >= 15 is 0 Å². The number of ether oxygens (including phenoxy) is 3. The van der Waals surface area contributed by atoms with Crippen molar-refractivity contribution in [3.8, 4) is 28.4 Å². The first-order valence-electron chi connectivity index (χ1n) is 4.12. The molecule has 0 heterocycles. The number of methoxy groups -OCH3 is 3. The smallest absolute Gasteiger partial charge is 0.231 e. The van der Waals surface area contributed by atoms with Gasteiger partial charge in [0.2, 0.25) is 11.8 Å². The van der Waals surface area contributed by atoms with Crippen LogP contribution in [0.5, 0.6) is 17.2 Å². The van der Waals surface area contributed by atoms with Gasteiger partial charge in [-0.15, -0.1) is 0 Å². The summed E-state index contributed by atoms with van der Waals surface area (Å²) in [6.45, 7) is 0. The lowest BCUT2D eigenvalue weighted by atomic mass is 10.4. The molecule has 0 amide bonds. The summed E-state index contributed by atoms with van der Waals surface area (Å²) in [6.07, 6.45) is 0.750. The van der Waals surface area contributed by atoms with Gasteiger partial charge in [0.1, 0.15) is 0 Å². The zero-order valence-corrected chi connectivity index (χ0v) is 8.71. The van der Waals surface area contributed by atoms with Gasteiger partial charge in [0, 0.05) is 11.1 Å². The van der Waals surface area contributed by atoms with Gasteiger partial charge in [-0.1, -0.05) is 0 Å². The van der Waals surface area contributed by atoms with Crippen LogP contribution in [-0.2, 0) is 4.79 Å². The Balaban J connectivity index is 0.000000337. The highest BCUT2D eigenvalue weighted by Gasteiger charge is 2.32. The lowest BCUT2D eigenvalue weighted by Gasteiger charge is -2.04. The van der Waals surface area contributed by atoms with Crippen LogP contribution in [0.15, 0.2) is 6.07 Å². The minimum atomic E-state index is 0.701. The van der Waals surface area contributed by atoms with E-state index in [1.165, 1.54) is 0 Å². The fraction of sp³-hybridized carbons (Fsp3) is 0.300. The molecule has 0 fully saturated rings. The van der Waals surface area contributed by atoms with Crippen molar-refractivity contribution >= 4 is 6.08 Å². The number of hydrogen-bond acceptors (Lipinski definition) is 5. The summed E-state index contributed by atoms with van der Waals surface area (Å²) < 4.78 is 15.5. The second kappa shape index (κ2) is 4.48. The summed E-state index contributed by atoms with van der Waals surface area (Å²) in [5, 5.41) is 5.40. The molecule has 0 saturated carbocycles. The Labute approximate surface area is 87.1 Å². The number of rotatable bonds is 3. The molecule has 0 unspecified atom stereocenters. The largest absolute Gasteiger partial charge is 0.492 e. The first kappa shape index (κ1) is 11.1. The van der Waals surface area contributed by atoms with Crippen molar-refractivity contribution < 1.29 is 19.0 Å². The van der Waals surface area contributed by atoms with Gasteiger partial charge in [-0.25, -0.2) is 10.2 Å². The Kier molecular flexibility index (Phi) is 3.31. The maximum Gasteiger partial charge on any atom is 0.231 e. The van der Waals surface area contributed by atoms with Crippen LogP contribution in [-0.4, -0.2) is 27.4 Å². The standard InChI is InChI=1S/C9H10O3.CHNO/c1-10-7-5-4-6(5)8(11-2)9(7)12-3;2-1-3/h4H,1-3H3;2H. The van der Waals surface area contributed by atoms with Crippen molar-refractivity contribution in [3.63, 3.8) is 0 Å². The molecule has 0 radical (unpaired) electrons. The van der Waals surface area contributed by atoms with E-state index in [4.69, 9.17) is 24.4 Å². The van der Waals surface area contributed by atoms with E-state index in [0.29, 0.717) is 5.75 Å². The highest BCUT2D eigenvalue weighted by atomic mass is 16.5. The summed E-state index contributed by atoms with van der Waals surface area (Å²) in [7, 11) is 4.87. The Morgan fingerprint density at radius 3 is 1.60 bits per heavy atom. The minimum Gasteiger partial charge on any atom is -0.492 e. The van der Waals surface area contributed by atoms with Crippen LogP contribution in [0.1, 0.15) is 0 Å². The van der Waals surface area contributed by atoms with Crippen molar-refractivity contribution in [1.82, 2.24) is 0 Å². The molecule has 80 valence electrons. The summed E-state index contributed by atoms with van der Waals surface area (Å²) in [6, 6.07) is 2.01. The SMILES string of the molecule is COc1c2cc-2c(OC)c1OC.N=C=O. The second-order valence-electron chi connectivity index (χ2n) is 2.67. The molecule has 0 spiro atoms. The van der Waals surface area contributed by atoms with Gasteiger partial charge < -0.3 is 14.2 Å². The Morgan fingerprint density at radius 1 is 1.00 bits per heavy atom. The molecule has 0 aromatic rings. The number of carbonyl (C=O) groups excluding carboxylic acids is 1. The third-order valence-electron chi connectivity index (χ3n) is 2.01. The van der Waals surface area contributed by atoms with Crippen LogP contribution in [0, 0.1) is 5.41 Å². The minimum absolute atomic E-state index is 0.701. The van der Waals surface area contributed by atoms with E-state index in [9.17, 15) is 0 Å². The molecule has 5 nitrogen and oxygen atoms in total. The van der Waals surface area contributed by atoms with Crippen LogP contribution >= 0.6 is 0 Å². The lowest BCUT2D eigenvalue weighted by molar-refractivity contribution is 0.332. The van der Waals surface area contributed by atoms with Gasteiger partial charge in [0.15, 0.2) is 11.5 Å². The van der Waals surface area contributed by atoms with E-state index in [1.54, 1.807) is 21.3 Å². The quantitative estimate of drug-likeness (QED) is 0.615.